The molecule has 0 bridgehead atoms. The van der Waals surface area contributed by atoms with Crippen molar-refractivity contribution < 1.29 is 18.7 Å². The number of aromatic nitrogens is 2. The van der Waals surface area contributed by atoms with E-state index in [1.807, 2.05) is 6.92 Å². The number of urea groups is 1. The number of amides is 2. The number of pyridine rings is 2. The number of hydrogen-bond donors (Lipinski definition) is 3. The Morgan fingerprint density at radius 1 is 1.27 bits per heavy atom. The van der Waals surface area contributed by atoms with Crippen molar-refractivity contribution in [1.29, 1.82) is 0 Å². The average Bonchev–Trinajstić information content (AvgIpc) is 3.36. The summed E-state index contributed by atoms with van der Waals surface area (Å²) in [4.78, 5) is 22.8. The zero-order valence-electron chi connectivity index (χ0n) is 18.4. The highest BCUT2D eigenvalue weighted by molar-refractivity contribution is 6.00. The zero-order valence-corrected chi connectivity index (χ0v) is 18.4. The van der Waals surface area contributed by atoms with Crippen LogP contribution < -0.4 is 21.1 Å². The minimum atomic E-state index is -0.538. The molecule has 0 spiro atoms. The summed E-state index contributed by atoms with van der Waals surface area (Å²) in [6.07, 6.45) is 3.86. The summed E-state index contributed by atoms with van der Waals surface area (Å²) < 4.78 is 26.2. The number of hydrogen-bond acceptors (Lipinski definition) is 7. The van der Waals surface area contributed by atoms with Crippen molar-refractivity contribution in [2.24, 2.45) is 0 Å². The summed E-state index contributed by atoms with van der Waals surface area (Å²) in [5.74, 6) is 0.317. The molecule has 2 aliphatic heterocycles. The van der Waals surface area contributed by atoms with E-state index in [0.29, 0.717) is 60.0 Å². The lowest BCUT2D eigenvalue weighted by Crippen LogP contribution is -2.40. The molecule has 2 amide bonds. The smallest absolute Gasteiger partial charge is 0.323 e. The van der Waals surface area contributed by atoms with Gasteiger partial charge in [0.1, 0.15) is 18.1 Å². The second-order valence-corrected chi connectivity index (χ2v) is 8.25. The zero-order chi connectivity index (χ0) is 23.1. The van der Waals surface area contributed by atoms with Gasteiger partial charge in [-0.15, -0.1) is 0 Å². The van der Waals surface area contributed by atoms with Crippen LogP contribution in [0.4, 0.5) is 26.4 Å². The molecule has 4 N–H and O–H groups in total. The molecule has 5 rings (SSSR count). The van der Waals surface area contributed by atoms with Gasteiger partial charge in [-0.2, -0.15) is 0 Å². The third kappa shape index (κ3) is 3.76. The second kappa shape index (κ2) is 8.36. The highest BCUT2D eigenvalue weighted by atomic mass is 19.1. The Morgan fingerprint density at radius 3 is 2.91 bits per heavy atom. The number of carbonyl (C=O) groups is 1. The molecule has 1 fully saturated rings. The lowest BCUT2D eigenvalue weighted by atomic mass is 9.97. The first-order chi connectivity index (χ1) is 15.9. The molecule has 10 heteroatoms. The van der Waals surface area contributed by atoms with Crippen molar-refractivity contribution in [3.05, 3.63) is 35.9 Å². The van der Waals surface area contributed by atoms with Gasteiger partial charge in [0.2, 0.25) is 5.88 Å². The summed E-state index contributed by atoms with van der Waals surface area (Å²) in [5.41, 5.74) is 8.64. The number of nitrogens with two attached hydrogens (primary N) is 1. The van der Waals surface area contributed by atoms with Crippen LogP contribution in [-0.2, 0) is 4.74 Å². The summed E-state index contributed by atoms with van der Waals surface area (Å²) in [5, 5.41) is 7.19. The van der Waals surface area contributed by atoms with Gasteiger partial charge >= 0.3 is 6.03 Å². The number of fused-ring (bicyclic) bond motifs is 2. The molecule has 1 unspecified atom stereocenters. The fourth-order valence-electron chi connectivity index (χ4n) is 4.25. The van der Waals surface area contributed by atoms with Crippen LogP contribution in [0.1, 0.15) is 12.0 Å². The van der Waals surface area contributed by atoms with Gasteiger partial charge in [-0.05, 0) is 36.4 Å². The molecule has 1 saturated heterocycles. The lowest BCUT2D eigenvalue weighted by Gasteiger charge is -2.23. The van der Waals surface area contributed by atoms with Gasteiger partial charge < -0.3 is 25.4 Å². The lowest BCUT2D eigenvalue weighted by molar-refractivity contribution is 0.163. The van der Waals surface area contributed by atoms with E-state index in [9.17, 15) is 4.79 Å². The van der Waals surface area contributed by atoms with Crippen LogP contribution in [0.5, 0.6) is 5.88 Å². The first kappa shape index (κ1) is 21.2. The van der Waals surface area contributed by atoms with Crippen molar-refractivity contribution in [2.75, 3.05) is 49.8 Å². The summed E-state index contributed by atoms with van der Waals surface area (Å²) in [7, 11) is 1.73. The minimum Gasteiger partial charge on any atom is -0.474 e. The molecule has 9 nitrogen and oxygen atoms in total. The third-order valence-corrected chi connectivity index (χ3v) is 6.24. The fraction of sp³-hybridized carbons (Fsp3) is 0.348. The van der Waals surface area contributed by atoms with E-state index in [1.54, 1.807) is 30.3 Å². The van der Waals surface area contributed by atoms with Crippen molar-refractivity contribution in [2.45, 2.75) is 19.4 Å². The highest BCUT2D eigenvalue weighted by Crippen LogP contribution is 2.39. The van der Waals surface area contributed by atoms with Gasteiger partial charge in [0.25, 0.3) is 0 Å². The molecule has 3 aromatic rings. The molecule has 4 heterocycles. The molecule has 172 valence electrons. The van der Waals surface area contributed by atoms with E-state index in [4.69, 9.17) is 15.2 Å². The first-order valence-corrected chi connectivity index (χ1v) is 10.8. The van der Waals surface area contributed by atoms with Gasteiger partial charge in [0.15, 0.2) is 5.82 Å². The average molecular weight is 452 g/mol. The van der Waals surface area contributed by atoms with Gasteiger partial charge in [-0.1, -0.05) is 0 Å². The topological polar surface area (TPSA) is 115 Å². The minimum absolute atomic E-state index is 0.00516. The number of nitrogens with zero attached hydrogens (tertiary/aromatic N) is 3. The third-order valence-electron chi connectivity index (χ3n) is 6.24. The van der Waals surface area contributed by atoms with Crippen LogP contribution in [0, 0.1) is 12.7 Å². The van der Waals surface area contributed by atoms with Crippen LogP contribution in [0.15, 0.2) is 24.5 Å². The van der Waals surface area contributed by atoms with Gasteiger partial charge in [-0.3, -0.25) is 5.32 Å². The maximum Gasteiger partial charge on any atom is 0.323 e. The Labute approximate surface area is 190 Å². The number of ether oxygens (including phenoxy) is 2. The Bertz CT molecular complexity index is 1240. The Balaban J connectivity index is 1.51. The number of carbonyl (C=O) groups excluding carboxylic acids is 1. The molecule has 33 heavy (non-hydrogen) atoms. The molecule has 1 atom stereocenters. The Kier molecular flexibility index (Phi) is 5.37. The normalized spacial score (nSPS) is 17.2. The number of benzene rings is 1. The summed E-state index contributed by atoms with van der Waals surface area (Å²) in [6.45, 7) is 4.22. The molecule has 2 aromatic heterocycles. The summed E-state index contributed by atoms with van der Waals surface area (Å²) in [6, 6.07) is 3.13. The maximum absolute atomic E-state index is 15.3. The van der Waals surface area contributed by atoms with Crippen LogP contribution in [-0.4, -0.2) is 60.4 Å². The van der Waals surface area contributed by atoms with Gasteiger partial charge in [-0.25, -0.2) is 19.2 Å². The number of likely N-dealkylation sites (N-methyl/N-ethyl adjacent to an activating group) is 1. The van der Waals surface area contributed by atoms with Gasteiger partial charge in [0.05, 0.1) is 18.3 Å². The Hall–Kier alpha value is -3.66. The van der Waals surface area contributed by atoms with Crippen molar-refractivity contribution in [3.63, 3.8) is 0 Å². The highest BCUT2D eigenvalue weighted by Gasteiger charge is 2.25. The Morgan fingerprint density at radius 2 is 2.12 bits per heavy atom. The standard InChI is InChI=1S/C23H25FN6O3/c1-12-16(9-28-22-21(12)26-4-6-33-22)15-7-13-8-18(27-10-17(13)20(25)19(15)24)29-23(31)30(2)14-3-5-32-11-14/h7-10,14,26H,3-6,11,25H2,1-2H3,(H,27,29,31). The SMILES string of the molecule is Cc1c(-c2cc3cc(NC(=O)N(C)C4CCOC4)ncc3c(N)c2F)cnc2c1NCCO2. The molecule has 0 radical (unpaired) electrons. The van der Waals surface area contributed by atoms with E-state index in [0.717, 1.165) is 17.7 Å². The van der Waals surface area contributed by atoms with Crippen LogP contribution in [0.3, 0.4) is 0 Å². The quantitative estimate of drug-likeness (QED) is 0.522. The molecule has 1 aromatic carbocycles. The van der Waals surface area contributed by atoms with E-state index in [-0.39, 0.29) is 17.8 Å². The number of nitrogen functional groups attached to an aromatic ring is 1. The number of rotatable bonds is 3. The first-order valence-electron chi connectivity index (χ1n) is 10.8. The predicted molar refractivity (Wildman–Crippen MR) is 124 cm³/mol. The summed E-state index contributed by atoms with van der Waals surface area (Å²) >= 11 is 0. The van der Waals surface area contributed by atoms with Gasteiger partial charge in [0, 0.05) is 49.1 Å². The number of anilines is 3. The monoisotopic (exact) mass is 452 g/mol. The predicted octanol–water partition coefficient (Wildman–Crippen LogP) is 3.38. The van der Waals surface area contributed by atoms with E-state index >= 15 is 4.39 Å². The molecule has 2 aliphatic rings. The van der Waals surface area contributed by atoms with Crippen molar-refractivity contribution in [1.82, 2.24) is 14.9 Å². The maximum atomic E-state index is 15.3. The van der Waals surface area contributed by atoms with E-state index in [1.165, 1.54) is 6.20 Å². The van der Waals surface area contributed by atoms with Crippen molar-refractivity contribution in [3.8, 4) is 17.0 Å². The molecule has 0 aliphatic carbocycles. The molecular weight excluding hydrogens is 427 g/mol. The second-order valence-electron chi connectivity index (χ2n) is 8.25. The van der Waals surface area contributed by atoms with Crippen LogP contribution in [0.25, 0.3) is 21.9 Å². The number of nitrogens with one attached hydrogen (secondary N) is 2. The molecular formula is C23H25FN6O3. The van der Waals surface area contributed by atoms with Crippen LogP contribution >= 0.6 is 0 Å². The van der Waals surface area contributed by atoms with E-state index in [2.05, 4.69) is 20.6 Å². The van der Waals surface area contributed by atoms with E-state index < -0.39 is 5.82 Å². The fourth-order valence-corrected chi connectivity index (χ4v) is 4.25. The largest absolute Gasteiger partial charge is 0.474 e. The molecule has 0 saturated carbocycles. The van der Waals surface area contributed by atoms with Crippen molar-refractivity contribution >= 4 is 34.0 Å². The number of halogens is 1. The van der Waals surface area contributed by atoms with Crippen LogP contribution in [0.2, 0.25) is 0 Å².